The van der Waals surface area contributed by atoms with Gasteiger partial charge in [0.05, 0.1) is 16.8 Å². The number of rotatable bonds is 4. The fraction of sp³-hybridized carbons (Fsp3) is 0.118. The molecule has 124 valence electrons. The standard InChI is InChI=1S/C17H14N6O2/c1-22-15-9-12(7-8-14(15)19-21-22)17(24)25-10-16-18-11-23(20-16)13-5-3-2-4-6-13/h2-9,11H,10H2,1H3. The molecule has 4 aromatic rings. The number of esters is 1. The van der Waals surface area contributed by atoms with Crippen LogP contribution in [-0.4, -0.2) is 35.7 Å². The molecule has 0 aliphatic rings. The zero-order chi connectivity index (χ0) is 17.2. The second-order valence-electron chi connectivity index (χ2n) is 5.43. The molecule has 8 nitrogen and oxygen atoms in total. The summed E-state index contributed by atoms with van der Waals surface area (Å²) in [7, 11) is 1.77. The van der Waals surface area contributed by atoms with Crippen molar-refractivity contribution in [1.82, 2.24) is 29.8 Å². The molecule has 0 radical (unpaired) electrons. The maximum Gasteiger partial charge on any atom is 0.338 e. The molecular weight excluding hydrogens is 320 g/mol. The van der Waals surface area contributed by atoms with Gasteiger partial charge in [-0.3, -0.25) is 0 Å². The van der Waals surface area contributed by atoms with Crippen LogP contribution in [0.25, 0.3) is 16.7 Å². The summed E-state index contributed by atoms with van der Waals surface area (Å²) in [5.41, 5.74) is 2.81. The predicted octanol–water partition coefficient (Wildman–Crippen LogP) is 1.91. The third-order valence-electron chi connectivity index (χ3n) is 3.74. The third-order valence-corrected chi connectivity index (χ3v) is 3.74. The number of benzene rings is 2. The molecule has 4 rings (SSSR count). The van der Waals surface area contributed by atoms with Crippen LogP contribution in [0.4, 0.5) is 0 Å². The summed E-state index contributed by atoms with van der Waals surface area (Å²) in [5, 5.41) is 12.2. The number of nitrogens with zero attached hydrogens (tertiary/aromatic N) is 6. The number of ether oxygens (including phenoxy) is 1. The molecule has 0 aliphatic heterocycles. The minimum absolute atomic E-state index is 0.000338. The second kappa shape index (κ2) is 6.16. The molecular formula is C17H14N6O2. The lowest BCUT2D eigenvalue weighted by atomic mass is 10.2. The van der Waals surface area contributed by atoms with Gasteiger partial charge in [-0.25, -0.2) is 19.1 Å². The van der Waals surface area contributed by atoms with Gasteiger partial charge in [-0.1, -0.05) is 23.4 Å². The summed E-state index contributed by atoms with van der Waals surface area (Å²) in [6.07, 6.45) is 1.59. The minimum atomic E-state index is -0.445. The molecule has 0 atom stereocenters. The highest BCUT2D eigenvalue weighted by molar-refractivity contribution is 5.93. The van der Waals surface area contributed by atoms with Gasteiger partial charge in [-0.2, -0.15) is 0 Å². The van der Waals surface area contributed by atoms with Gasteiger partial charge in [0.15, 0.2) is 12.4 Å². The first kappa shape index (κ1) is 15.0. The van der Waals surface area contributed by atoms with E-state index >= 15 is 0 Å². The van der Waals surface area contributed by atoms with Crippen molar-refractivity contribution in [2.45, 2.75) is 6.61 Å². The Hall–Kier alpha value is -3.55. The lowest BCUT2D eigenvalue weighted by molar-refractivity contribution is 0.0462. The molecule has 0 saturated heterocycles. The highest BCUT2D eigenvalue weighted by Gasteiger charge is 2.12. The van der Waals surface area contributed by atoms with E-state index in [0.29, 0.717) is 11.4 Å². The van der Waals surface area contributed by atoms with Gasteiger partial charge in [0.25, 0.3) is 0 Å². The van der Waals surface area contributed by atoms with E-state index in [-0.39, 0.29) is 6.61 Å². The van der Waals surface area contributed by atoms with E-state index < -0.39 is 5.97 Å². The van der Waals surface area contributed by atoms with Gasteiger partial charge >= 0.3 is 5.97 Å². The summed E-state index contributed by atoms with van der Waals surface area (Å²) in [5.74, 6) is -0.0142. The number of hydrogen-bond donors (Lipinski definition) is 0. The molecule has 2 aromatic heterocycles. The highest BCUT2D eigenvalue weighted by Crippen LogP contribution is 2.14. The van der Waals surface area contributed by atoms with Gasteiger partial charge in [-0.15, -0.1) is 10.2 Å². The van der Waals surface area contributed by atoms with Crippen molar-refractivity contribution >= 4 is 17.0 Å². The number of aryl methyl sites for hydroxylation is 1. The van der Waals surface area contributed by atoms with Crippen LogP contribution in [0.5, 0.6) is 0 Å². The van der Waals surface area contributed by atoms with Gasteiger partial charge < -0.3 is 4.74 Å². The fourth-order valence-corrected chi connectivity index (χ4v) is 2.44. The quantitative estimate of drug-likeness (QED) is 0.530. The fourth-order valence-electron chi connectivity index (χ4n) is 2.44. The van der Waals surface area contributed by atoms with E-state index in [1.165, 1.54) is 0 Å². The third kappa shape index (κ3) is 2.97. The van der Waals surface area contributed by atoms with Crippen molar-refractivity contribution in [2.75, 3.05) is 0 Å². The second-order valence-corrected chi connectivity index (χ2v) is 5.43. The van der Waals surface area contributed by atoms with Crippen molar-refractivity contribution < 1.29 is 9.53 Å². The smallest absolute Gasteiger partial charge is 0.338 e. The first-order valence-electron chi connectivity index (χ1n) is 7.63. The van der Waals surface area contributed by atoms with E-state index in [0.717, 1.165) is 16.7 Å². The SMILES string of the molecule is Cn1nnc2ccc(C(=O)OCc3ncn(-c4ccccc4)n3)cc21. The van der Waals surface area contributed by atoms with Crippen LogP contribution in [0.2, 0.25) is 0 Å². The number of para-hydroxylation sites is 1. The zero-order valence-electron chi connectivity index (χ0n) is 13.4. The Morgan fingerprint density at radius 3 is 2.84 bits per heavy atom. The molecule has 0 unspecified atom stereocenters. The molecule has 2 heterocycles. The number of carbonyl (C=O) groups excluding carboxylic acids is 1. The average molecular weight is 334 g/mol. The lowest BCUT2D eigenvalue weighted by Gasteiger charge is -2.03. The molecule has 0 amide bonds. The van der Waals surface area contributed by atoms with Crippen molar-refractivity contribution in [2.24, 2.45) is 7.05 Å². The van der Waals surface area contributed by atoms with Crippen LogP contribution < -0.4 is 0 Å². The molecule has 2 aromatic carbocycles. The maximum absolute atomic E-state index is 12.2. The summed E-state index contributed by atoms with van der Waals surface area (Å²) in [4.78, 5) is 16.4. The van der Waals surface area contributed by atoms with Gasteiger partial charge in [0.1, 0.15) is 11.8 Å². The first-order valence-corrected chi connectivity index (χ1v) is 7.63. The minimum Gasteiger partial charge on any atom is -0.454 e. The van der Waals surface area contributed by atoms with E-state index in [1.807, 2.05) is 30.3 Å². The normalized spacial score (nSPS) is 10.9. The van der Waals surface area contributed by atoms with Crippen LogP contribution >= 0.6 is 0 Å². The predicted molar refractivity (Wildman–Crippen MR) is 89.0 cm³/mol. The van der Waals surface area contributed by atoms with E-state index in [1.54, 1.807) is 40.9 Å². The Labute approximate surface area is 142 Å². The Balaban J connectivity index is 1.46. The Kier molecular flexibility index (Phi) is 3.70. The number of carbonyl (C=O) groups is 1. The Bertz CT molecular complexity index is 1040. The molecule has 0 fully saturated rings. The van der Waals surface area contributed by atoms with Crippen LogP contribution in [0.3, 0.4) is 0 Å². The first-order chi connectivity index (χ1) is 12.2. The van der Waals surface area contributed by atoms with Crippen LogP contribution in [0.1, 0.15) is 16.2 Å². The lowest BCUT2D eigenvalue weighted by Crippen LogP contribution is -2.07. The zero-order valence-corrected chi connectivity index (χ0v) is 13.4. The number of hydrogen-bond acceptors (Lipinski definition) is 6. The summed E-state index contributed by atoms with van der Waals surface area (Å²) in [6, 6.07) is 14.7. The van der Waals surface area contributed by atoms with E-state index in [9.17, 15) is 4.79 Å². The van der Waals surface area contributed by atoms with Gasteiger partial charge in [0, 0.05) is 7.05 Å². The average Bonchev–Trinajstić information content (AvgIpc) is 3.27. The highest BCUT2D eigenvalue weighted by atomic mass is 16.5. The summed E-state index contributed by atoms with van der Waals surface area (Å²) in [6.45, 7) is 0.000338. The summed E-state index contributed by atoms with van der Waals surface area (Å²) >= 11 is 0. The number of fused-ring (bicyclic) bond motifs is 1. The van der Waals surface area contributed by atoms with E-state index in [2.05, 4.69) is 20.4 Å². The molecule has 0 bridgehead atoms. The van der Waals surface area contributed by atoms with Crippen molar-refractivity contribution in [3.05, 3.63) is 66.2 Å². The van der Waals surface area contributed by atoms with Crippen LogP contribution in [0, 0.1) is 0 Å². The van der Waals surface area contributed by atoms with E-state index in [4.69, 9.17) is 4.74 Å². The topological polar surface area (TPSA) is 87.7 Å². The molecule has 8 heteroatoms. The maximum atomic E-state index is 12.2. The van der Waals surface area contributed by atoms with Gasteiger partial charge in [-0.05, 0) is 30.3 Å². The molecule has 0 N–H and O–H groups in total. The Morgan fingerprint density at radius 2 is 2.00 bits per heavy atom. The largest absolute Gasteiger partial charge is 0.454 e. The van der Waals surface area contributed by atoms with Crippen molar-refractivity contribution in [3.63, 3.8) is 0 Å². The van der Waals surface area contributed by atoms with Gasteiger partial charge in [0.2, 0.25) is 0 Å². The molecule has 0 saturated carbocycles. The number of aromatic nitrogens is 6. The van der Waals surface area contributed by atoms with Crippen LogP contribution in [0.15, 0.2) is 54.9 Å². The van der Waals surface area contributed by atoms with Crippen molar-refractivity contribution in [1.29, 1.82) is 0 Å². The summed E-state index contributed by atoms with van der Waals surface area (Å²) < 4.78 is 8.54. The Morgan fingerprint density at radius 1 is 1.16 bits per heavy atom. The monoisotopic (exact) mass is 334 g/mol. The molecule has 25 heavy (non-hydrogen) atoms. The molecule has 0 aliphatic carbocycles. The van der Waals surface area contributed by atoms with Crippen molar-refractivity contribution in [3.8, 4) is 5.69 Å². The molecule has 0 spiro atoms. The van der Waals surface area contributed by atoms with Crippen LogP contribution in [-0.2, 0) is 18.4 Å².